The molecule has 0 spiro atoms. The van der Waals surface area contributed by atoms with E-state index in [9.17, 15) is 0 Å². The number of guanidine groups is 1. The average molecular weight is 358 g/mol. The molecule has 2 aromatic rings. The van der Waals surface area contributed by atoms with Crippen LogP contribution < -0.4 is 15.5 Å². The van der Waals surface area contributed by atoms with Crippen molar-refractivity contribution in [1.82, 2.24) is 15.6 Å². The topological polar surface area (TPSA) is 52.6 Å². The highest BCUT2D eigenvalue weighted by Crippen LogP contribution is 2.25. The minimum Gasteiger partial charge on any atom is -0.357 e. The number of rotatable bonds is 5. The fourth-order valence-corrected chi connectivity index (χ4v) is 3.19. The number of anilines is 1. The third-order valence-corrected chi connectivity index (χ3v) is 4.47. The zero-order chi connectivity index (χ0) is 17.5. The van der Waals surface area contributed by atoms with Crippen LogP contribution in [0.5, 0.6) is 0 Å². The van der Waals surface area contributed by atoms with Crippen molar-refractivity contribution in [3.05, 3.63) is 59.2 Å². The molecule has 0 radical (unpaired) electrons. The third-order valence-electron chi connectivity index (χ3n) is 4.17. The van der Waals surface area contributed by atoms with Crippen LogP contribution in [0.15, 0.2) is 53.7 Å². The summed E-state index contributed by atoms with van der Waals surface area (Å²) in [5.41, 5.74) is 1.20. The van der Waals surface area contributed by atoms with Gasteiger partial charge < -0.3 is 15.5 Å². The van der Waals surface area contributed by atoms with Gasteiger partial charge in [0, 0.05) is 31.9 Å². The Kier molecular flexibility index (Phi) is 6.12. The Balaban J connectivity index is 1.60. The molecule has 0 aliphatic carbocycles. The molecule has 0 amide bonds. The molecule has 1 fully saturated rings. The van der Waals surface area contributed by atoms with E-state index in [0.717, 1.165) is 37.8 Å². The first kappa shape index (κ1) is 17.5. The van der Waals surface area contributed by atoms with E-state index in [-0.39, 0.29) is 0 Å². The summed E-state index contributed by atoms with van der Waals surface area (Å²) in [6.07, 6.45) is 2.82. The normalized spacial score (nSPS) is 17.6. The monoisotopic (exact) mass is 357 g/mol. The number of hydrogen-bond acceptors (Lipinski definition) is 3. The van der Waals surface area contributed by atoms with Crippen LogP contribution in [0.2, 0.25) is 5.02 Å². The Labute approximate surface area is 154 Å². The molecule has 1 aromatic heterocycles. The van der Waals surface area contributed by atoms with Gasteiger partial charge in [-0.3, -0.25) is 0 Å². The summed E-state index contributed by atoms with van der Waals surface area (Å²) >= 11 is 6.26. The molecule has 1 aliphatic heterocycles. The number of nitrogens with one attached hydrogen (secondary N) is 2. The predicted octanol–water partition coefficient (Wildman–Crippen LogP) is 3.07. The lowest BCUT2D eigenvalue weighted by Crippen LogP contribution is -2.44. The second-order valence-electron chi connectivity index (χ2n) is 6.07. The van der Waals surface area contributed by atoms with Gasteiger partial charge in [-0.1, -0.05) is 41.9 Å². The fourth-order valence-electron chi connectivity index (χ4n) is 2.95. The van der Waals surface area contributed by atoms with E-state index in [1.54, 1.807) is 6.20 Å². The van der Waals surface area contributed by atoms with Crippen LogP contribution in [-0.4, -0.2) is 36.6 Å². The molecule has 1 atom stereocenters. The first-order valence-corrected chi connectivity index (χ1v) is 9.08. The van der Waals surface area contributed by atoms with Gasteiger partial charge in [0.2, 0.25) is 0 Å². The molecular formula is C19H24ClN5. The lowest BCUT2D eigenvalue weighted by atomic mass is 10.2. The van der Waals surface area contributed by atoms with E-state index in [1.807, 2.05) is 30.3 Å². The second-order valence-corrected chi connectivity index (χ2v) is 6.47. The summed E-state index contributed by atoms with van der Waals surface area (Å²) < 4.78 is 0. The standard InChI is InChI=1S/C19H24ClN5/c1-2-21-19(23-13-15-7-4-3-5-8-15)24-16-10-12-25(14-16)18-17(20)9-6-11-22-18/h3-9,11,16H,2,10,12-14H2,1H3,(H2,21,23,24). The van der Waals surface area contributed by atoms with E-state index in [4.69, 9.17) is 16.6 Å². The van der Waals surface area contributed by atoms with E-state index in [2.05, 4.69) is 39.6 Å². The summed E-state index contributed by atoms with van der Waals surface area (Å²) in [5.74, 6) is 1.71. The molecule has 25 heavy (non-hydrogen) atoms. The summed E-state index contributed by atoms with van der Waals surface area (Å²) in [5, 5.41) is 7.56. The average Bonchev–Trinajstić information content (AvgIpc) is 3.09. The molecule has 0 bridgehead atoms. The number of halogens is 1. The molecule has 1 aromatic carbocycles. The summed E-state index contributed by atoms with van der Waals surface area (Å²) in [7, 11) is 0. The Morgan fingerprint density at radius 1 is 1.28 bits per heavy atom. The van der Waals surface area contributed by atoms with Crippen LogP contribution in [0.1, 0.15) is 18.9 Å². The molecule has 1 unspecified atom stereocenters. The highest BCUT2D eigenvalue weighted by molar-refractivity contribution is 6.32. The maximum atomic E-state index is 6.26. The highest BCUT2D eigenvalue weighted by atomic mass is 35.5. The van der Waals surface area contributed by atoms with Crippen LogP contribution in [0.25, 0.3) is 0 Å². The van der Waals surface area contributed by atoms with Gasteiger partial charge >= 0.3 is 0 Å². The van der Waals surface area contributed by atoms with Crippen LogP contribution in [0.4, 0.5) is 5.82 Å². The zero-order valence-electron chi connectivity index (χ0n) is 14.5. The van der Waals surface area contributed by atoms with Gasteiger partial charge in [-0.05, 0) is 31.0 Å². The van der Waals surface area contributed by atoms with Crippen molar-refractivity contribution < 1.29 is 0 Å². The van der Waals surface area contributed by atoms with Gasteiger partial charge in [-0.25, -0.2) is 9.98 Å². The summed E-state index contributed by atoms with van der Waals surface area (Å²) in [4.78, 5) is 11.3. The van der Waals surface area contributed by atoms with Gasteiger partial charge in [-0.15, -0.1) is 0 Å². The molecular weight excluding hydrogens is 334 g/mol. The molecule has 0 saturated carbocycles. The summed E-state index contributed by atoms with van der Waals surface area (Å²) in [6.45, 7) is 5.38. The number of pyridine rings is 1. The molecule has 2 N–H and O–H groups in total. The van der Waals surface area contributed by atoms with Crippen molar-refractivity contribution in [2.75, 3.05) is 24.5 Å². The lowest BCUT2D eigenvalue weighted by Gasteiger charge is -2.20. The molecule has 3 rings (SSSR count). The number of aliphatic imine (C=N–C) groups is 1. The van der Waals surface area contributed by atoms with Gasteiger partial charge in [-0.2, -0.15) is 0 Å². The van der Waals surface area contributed by atoms with Crippen molar-refractivity contribution in [3.8, 4) is 0 Å². The largest absolute Gasteiger partial charge is 0.357 e. The van der Waals surface area contributed by atoms with E-state index in [1.165, 1.54) is 5.56 Å². The predicted molar refractivity (Wildman–Crippen MR) is 104 cm³/mol. The SMILES string of the molecule is CCNC(=NCc1ccccc1)NC1CCN(c2ncccc2Cl)C1. The molecule has 5 nitrogen and oxygen atoms in total. The molecule has 1 aliphatic rings. The number of benzene rings is 1. The minimum absolute atomic E-state index is 0.326. The first-order chi connectivity index (χ1) is 12.3. The lowest BCUT2D eigenvalue weighted by molar-refractivity contribution is 0.649. The Morgan fingerprint density at radius 2 is 2.12 bits per heavy atom. The van der Waals surface area contributed by atoms with Crippen LogP contribution >= 0.6 is 11.6 Å². The van der Waals surface area contributed by atoms with Gasteiger partial charge in [0.25, 0.3) is 0 Å². The van der Waals surface area contributed by atoms with Crippen LogP contribution in [0, 0.1) is 0 Å². The van der Waals surface area contributed by atoms with Crippen molar-refractivity contribution in [2.24, 2.45) is 4.99 Å². The quantitative estimate of drug-likeness (QED) is 0.638. The van der Waals surface area contributed by atoms with E-state index in [0.29, 0.717) is 17.6 Å². The smallest absolute Gasteiger partial charge is 0.191 e. The first-order valence-electron chi connectivity index (χ1n) is 8.70. The number of nitrogens with zero attached hydrogens (tertiary/aromatic N) is 3. The number of hydrogen-bond donors (Lipinski definition) is 2. The van der Waals surface area contributed by atoms with Crippen molar-refractivity contribution >= 4 is 23.4 Å². The maximum Gasteiger partial charge on any atom is 0.191 e. The van der Waals surface area contributed by atoms with Gasteiger partial charge in [0.1, 0.15) is 5.82 Å². The Hall–Kier alpha value is -2.27. The molecule has 6 heteroatoms. The van der Waals surface area contributed by atoms with Crippen molar-refractivity contribution in [1.29, 1.82) is 0 Å². The van der Waals surface area contributed by atoms with Crippen molar-refractivity contribution in [3.63, 3.8) is 0 Å². The van der Waals surface area contributed by atoms with Gasteiger partial charge in [0.15, 0.2) is 5.96 Å². The third kappa shape index (κ3) is 4.86. The van der Waals surface area contributed by atoms with Crippen LogP contribution in [-0.2, 0) is 6.54 Å². The molecule has 2 heterocycles. The maximum absolute atomic E-state index is 6.26. The van der Waals surface area contributed by atoms with Gasteiger partial charge in [0.05, 0.1) is 11.6 Å². The van der Waals surface area contributed by atoms with Crippen LogP contribution in [0.3, 0.4) is 0 Å². The highest BCUT2D eigenvalue weighted by Gasteiger charge is 2.25. The number of aromatic nitrogens is 1. The molecule has 132 valence electrons. The summed E-state index contributed by atoms with van der Waals surface area (Å²) in [6, 6.07) is 14.3. The molecule has 1 saturated heterocycles. The fraction of sp³-hybridized carbons (Fsp3) is 0.368. The Morgan fingerprint density at radius 3 is 2.88 bits per heavy atom. The zero-order valence-corrected chi connectivity index (χ0v) is 15.2. The minimum atomic E-state index is 0.326. The van der Waals surface area contributed by atoms with E-state index >= 15 is 0 Å². The second kappa shape index (κ2) is 8.72. The Bertz CT molecular complexity index is 704. The van der Waals surface area contributed by atoms with E-state index < -0.39 is 0 Å². The van der Waals surface area contributed by atoms with Crippen molar-refractivity contribution in [2.45, 2.75) is 25.9 Å².